The zero-order valence-corrected chi connectivity index (χ0v) is 15.2. The van der Waals surface area contributed by atoms with E-state index < -0.39 is 10.0 Å². The zero-order valence-electron chi connectivity index (χ0n) is 12.8. The second-order valence-corrected chi connectivity index (χ2v) is 8.19. The minimum Gasteiger partial charge on any atom is -0.323 e. The number of carbonyl (C=O) groups is 1. The fraction of sp³-hybridized carbons (Fsp3) is 0. The van der Waals surface area contributed by atoms with Crippen molar-refractivity contribution in [1.29, 1.82) is 0 Å². The number of primary sulfonamides is 1. The van der Waals surface area contributed by atoms with Crippen molar-refractivity contribution in [2.24, 2.45) is 5.14 Å². The van der Waals surface area contributed by atoms with Gasteiger partial charge in [0.15, 0.2) is 0 Å². The third-order valence-corrected chi connectivity index (χ3v) is 5.98. The number of halogens is 1. The van der Waals surface area contributed by atoms with Crippen LogP contribution in [0.1, 0.15) is 4.88 Å². The molecule has 1 aromatic heterocycles. The van der Waals surface area contributed by atoms with E-state index in [4.69, 9.17) is 16.7 Å². The van der Waals surface area contributed by atoms with Crippen LogP contribution in [0, 0.1) is 0 Å². The molecule has 0 spiro atoms. The molecule has 0 atom stereocenters. The van der Waals surface area contributed by atoms with Gasteiger partial charge in [0.2, 0.25) is 15.9 Å². The molecule has 0 fully saturated rings. The van der Waals surface area contributed by atoms with Crippen LogP contribution in [0.15, 0.2) is 59.5 Å². The van der Waals surface area contributed by atoms with Crippen molar-refractivity contribution in [2.45, 2.75) is 4.90 Å². The Labute approximate surface area is 153 Å². The Balaban J connectivity index is 1.73. The number of fused-ring (bicyclic) bond motifs is 1. The van der Waals surface area contributed by atoms with E-state index in [2.05, 4.69) is 5.32 Å². The maximum absolute atomic E-state index is 12.0. The van der Waals surface area contributed by atoms with Crippen molar-refractivity contribution in [3.63, 3.8) is 0 Å². The molecule has 8 heteroatoms. The minimum absolute atomic E-state index is 0.0156. The molecule has 3 aromatic rings. The number of thiophene rings is 1. The maximum atomic E-state index is 12.0. The maximum Gasteiger partial charge on any atom is 0.248 e. The second-order valence-electron chi connectivity index (χ2n) is 5.17. The average molecular weight is 393 g/mol. The molecule has 128 valence electrons. The molecule has 3 rings (SSSR count). The number of carbonyl (C=O) groups excluding carboxylic acids is 1. The lowest BCUT2D eigenvalue weighted by molar-refractivity contribution is -0.111. The van der Waals surface area contributed by atoms with Crippen LogP contribution < -0.4 is 10.5 Å². The molecule has 2 aromatic carbocycles. The van der Waals surface area contributed by atoms with E-state index in [1.54, 1.807) is 6.08 Å². The quantitative estimate of drug-likeness (QED) is 0.661. The number of amides is 1. The van der Waals surface area contributed by atoms with Crippen molar-refractivity contribution >= 4 is 60.7 Å². The largest absolute Gasteiger partial charge is 0.323 e. The Morgan fingerprint density at radius 2 is 1.80 bits per heavy atom. The molecule has 1 amide bonds. The number of hydrogen-bond donors (Lipinski definition) is 2. The van der Waals surface area contributed by atoms with E-state index in [9.17, 15) is 13.2 Å². The van der Waals surface area contributed by atoms with Crippen molar-refractivity contribution in [3.8, 4) is 0 Å². The van der Waals surface area contributed by atoms with E-state index in [-0.39, 0.29) is 10.8 Å². The molecule has 1 heterocycles. The lowest BCUT2D eigenvalue weighted by Crippen LogP contribution is -2.12. The Morgan fingerprint density at radius 1 is 1.12 bits per heavy atom. The normalized spacial score (nSPS) is 11.9. The van der Waals surface area contributed by atoms with Gasteiger partial charge in [0.1, 0.15) is 0 Å². The van der Waals surface area contributed by atoms with E-state index in [1.165, 1.54) is 41.7 Å². The van der Waals surface area contributed by atoms with Gasteiger partial charge in [0.05, 0.1) is 9.92 Å². The van der Waals surface area contributed by atoms with E-state index in [0.717, 1.165) is 15.0 Å². The highest BCUT2D eigenvalue weighted by Crippen LogP contribution is 2.35. The van der Waals surface area contributed by atoms with E-state index in [1.807, 2.05) is 24.3 Å². The first-order valence-corrected chi connectivity index (χ1v) is 9.87. The van der Waals surface area contributed by atoms with Crippen molar-refractivity contribution in [3.05, 3.63) is 64.5 Å². The van der Waals surface area contributed by atoms with Gasteiger partial charge in [-0.3, -0.25) is 4.79 Å². The first-order chi connectivity index (χ1) is 11.8. The van der Waals surface area contributed by atoms with Gasteiger partial charge in [-0.05, 0) is 36.4 Å². The van der Waals surface area contributed by atoms with Gasteiger partial charge in [-0.25, -0.2) is 13.6 Å². The number of rotatable bonds is 4. The average Bonchev–Trinajstić information content (AvgIpc) is 2.89. The lowest BCUT2D eigenvalue weighted by Gasteiger charge is -2.03. The molecule has 0 saturated carbocycles. The van der Waals surface area contributed by atoms with E-state index in [0.29, 0.717) is 10.7 Å². The molecular formula is C17H13ClN2O3S2. The van der Waals surface area contributed by atoms with Gasteiger partial charge in [-0.1, -0.05) is 29.8 Å². The first kappa shape index (κ1) is 17.6. The van der Waals surface area contributed by atoms with Crippen molar-refractivity contribution in [1.82, 2.24) is 0 Å². The van der Waals surface area contributed by atoms with Gasteiger partial charge in [-0.15, -0.1) is 11.3 Å². The number of nitrogens with one attached hydrogen (secondary N) is 1. The highest BCUT2D eigenvalue weighted by atomic mass is 35.5. The summed E-state index contributed by atoms with van der Waals surface area (Å²) in [5.74, 6) is -0.350. The summed E-state index contributed by atoms with van der Waals surface area (Å²) in [5.41, 5.74) is 0.462. The summed E-state index contributed by atoms with van der Waals surface area (Å²) in [6, 6.07) is 13.3. The molecule has 0 radical (unpaired) electrons. The summed E-state index contributed by atoms with van der Waals surface area (Å²) in [7, 11) is -3.75. The molecule has 0 bridgehead atoms. The molecule has 5 nitrogen and oxygen atoms in total. The third-order valence-electron chi connectivity index (χ3n) is 3.40. The lowest BCUT2D eigenvalue weighted by atomic mass is 10.2. The smallest absolute Gasteiger partial charge is 0.248 e. The summed E-state index contributed by atoms with van der Waals surface area (Å²) in [6.45, 7) is 0. The second kappa shape index (κ2) is 6.97. The fourth-order valence-corrected chi connectivity index (χ4v) is 4.12. The number of sulfonamides is 1. The van der Waals surface area contributed by atoms with Crippen LogP contribution >= 0.6 is 22.9 Å². The van der Waals surface area contributed by atoms with E-state index >= 15 is 0 Å². The number of benzene rings is 2. The van der Waals surface area contributed by atoms with Crippen LogP contribution in [0.25, 0.3) is 16.2 Å². The molecule has 0 unspecified atom stereocenters. The Kier molecular flexibility index (Phi) is 4.91. The van der Waals surface area contributed by atoms with Crippen LogP contribution in [0.5, 0.6) is 0 Å². The monoisotopic (exact) mass is 392 g/mol. The van der Waals surface area contributed by atoms with Crippen LogP contribution in [0.3, 0.4) is 0 Å². The van der Waals surface area contributed by atoms with Crippen LogP contribution in [-0.2, 0) is 14.8 Å². The molecule has 0 aliphatic rings. The molecule has 0 saturated heterocycles. The molecular weight excluding hydrogens is 380 g/mol. The highest BCUT2D eigenvalue weighted by molar-refractivity contribution is 7.89. The van der Waals surface area contributed by atoms with Crippen molar-refractivity contribution < 1.29 is 13.2 Å². The molecule has 0 aliphatic heterocycles. The highest BCUT2D eigenvalue weighted by Gasteiger charge is 2.09. The van der Waals surface area contributed by atoms with Gasteiger partial charge < -0.3 is 5.32 Å². The van der Waals surface area contributed by atoms with Crippen LogP contribution in [0.2, 0.25) is 5.02 Å². The SMILES string of the molecule is NS(=O)(=O)c1ccc(NC(=O)C=Cc2sc3ccccc3c2Cl)cc1. The van der Waals surface area contributed by atoms with Crippen molar-refractivity contribution in [2.75, 3.05) is 5.32 Å². The topological polar surface area (TPSA) is 89.3 Å². The number of anilines is 1. The van der Waals surface area contributed by atoms with Gasteiger partial charge in [-0.2, -0.15) is 0 Å². The summed E-state index contributed by atoms with van der Waals surface area (Å²) < 4.78 is 23.4. The fourth-order valence-electron chi connectivity index (χ4n) is 2.20. The van der Waals surface area contributed by atoms with Gasteiger partial charge in [0.25, 0.3) is 0 Å². The first-order valence-electron chi connectivity index (χ1n) is 7.13. The summed E-state index contributed by atoms with van der Waals surface area (Å²) in [6.07, 6.45) is 3.03. The summed E-state index contributed by atoms with van der Waals surface area (Å²) in [4.78, 5) is 12.8. The minimum atomic E-state index is -3.75. The number of hydrogen-bond acceptors (Lipinski definition) is 4. The Morgan fingerprint density at radius 3 is 2.44 bits per heavy atom. The van der Waals surface area contributed by atoms with Crippen LogP contribution in [0.4, 0.5) is 5.69 Å². The third kappa shape index (κ3) is 4.08. The predicted octanol–water partition coefficient (Wildman–Crippen LogP) is 3.85. The van der Waals surface area contributed by atoms with Gasteiger partial charge >= 0.3 is 0 Å². The standard InChI is InChI=1S/C17H13ClN2O3S2/c18-17-13-3-1-2-4-14(13)24-15(17)9-10-16(21)20-11-5-7-12(8-6-11)25(19,22)23/h1-10H,(H,20,21)(H2,19,22,23). The predicted molar refractivity (Wildman–Crippen MR) is 102 cm³/mol. The Bertz CT molecular complexity index is 1070. The zero-order chi connectivity index (χ0) is 18.0. The number of nitrogens with two attached hydrogens (primary N) is 1. The van der Waals surface area contributed by atoms with Crippen LogP contribution in [-0.4, -0.2) is 14.3 Å². The Hall–Kier alpha value is -2.19. The summed E-state index contributed by atoms with van der Waals surface area (Å²) >= 11 is 7.82. The molecule has 3 N–H and O–H groups in total. The summed E-state index contributed by atoms with van der Waals surface area (Å²) in [5, 5.41) is 9.24. The molecule has 25 heavy (non-hydrogen) atoms. The molecule has 0 aliphatic carbocycles. The van der Waals surface area contributed by atoms with Gasteiger partial charge in [0, 0.05) is 26.7 Å².